The van der Waals surface area contributed by atoms with Gasteiger partial charge in [-0.15, -0.1) is 0 Å². The van der Waals surface area contributed by atoms with Gasteiger partial charge in [-0.1, -0.05) is 60.7 Å². The number of amides is 2. The van der Waals surface area contributed by atoms with Crippen LogP contribution in [0.2, 0.25) is 0 Å². The minimum absolute atomic E-state index is 0.0539. The Morgan fingerprint density at radius 3 is 2.33 bits per heavy atom. The molecule has 1 unspecified atom stereocenters. The topological polar surface area (TPSA) is 115 Å². The average molecular weight is 580 g/mol. The Hall–Kier alpha value is -4.96. The van der Waals surface area contributed by atoms with Crippen LogP contribution in [0.3, 0.4) is 0 Å². The molecule has 2 amide bonds. The molecule has 42 heavy (non-hydrogen) atoms. The molecule has 0 aliphatic heterocycles. The number of aryl methyl sites for hydroxylation is 1. The van der Waals surface area contributed by atoms with Gasteiger partial charge in [0.2, 0.25) is 5.88 Å². The number of carbonyl (C=O) groups excluding carboxylic acids is 1. The van der Waals surface area contributed by atoms with E-state index in [0.29, 0.717) is 23.7 Å². The number of nitrogens with one attached hydrogen (secondary N) is 2. The highest BCUT2D eigenvalue weighted by Gasteiger charge is 2.60. The van der Waals surface area contributed by atoms with Crippen LogP contribution in [0.1, 0.15) is 29.3 Å². The molecule has 1 saturated carbocycles. The summed E-state index contributed by atoms with van der Waals surface area (Å²) in [4.78, 5) is 22.3. The van der Waals surface area contributed by atoms with Gasteiger partial charge in [0.05, 0.1) is 12.0 Å². The predicted octanol–water partition coefficient (Wildman–Crippen LogP) is 5.32. The van der Waals surface area contributed by atoms with Gasteiger partial charge in [-0.25, -0.2) is 27.9 Å². The highest BCUT2D eigenvalue weighted by atomic mass is 32.2. The molecule has 0 radical (unpaired) electrons. The number of aromatic nitrogens is 3. The fourth-order valence-electron chi connectivity index (χ4n) is 5.38. The summed E-state index contributed by atoms with van der Waals surface area (Å²) in [7, 11) is -2.51. The van der Waals surface area contributed by atoms with Crippen molar-refractivity contribution in [2.75, 3.05) is 7.11 Å². The zero-order valence-corrected chi connectivity index (χ0v) is 23.9. The van der Waals surface area contributed by atoms with Crippen molar-refractivity contribution >= 4 is 16.1 Å². The third-order valence-electron chi connectivity index (χ3n) is 7.57. The molecule has 0 saturated heterocycles. The van der Waals surface area contributed by atoms with Gasteiger partial charge in [0.1, 0.15) is 11.4 Å². The summed E-state index contributed by atoms with van der Waals surface area (Å²) in [5, 5.41) is 2.99. The zero-order chi connectivity index (χ0) is 29.3. The number of ether oxygens (including phenoxy) is 1. The van der Waals surface area contributed by atoms with Gasteiger partial charge in [-0.2, -0.15) is 0 Å². The summed E-state index contributed by atoms with van der Waals surface area (Å²) in [5.41, 5.74) is 3.43. The van der Waals surface area contributed by atoms with Crippen molar-refractivity contribution in [2.24, 2.45) is 0 Å². The number of nitrogens with zero attached hydrogens (tertiary/aromatic N) is 3. The first-order valence-corrected chi connectivity index (χ1v) is 14.9. The van der Waals surface area contributed by atoms with E-state index in [0.717, 1.165) is 22.4 Å². The van der Waals surface area contributed by atoms with Crippen LogP contribution in [0.25, 0.3) is 16.8 Å². The third kappa shape index (κ3) is 5.12. The SMILES string of the molecule is COc1ccc(-c2ccc(-n3ccnc3[C@@]3(NC(=O)NS(=O)(=O)c4ccccc4C)CC3c3ccccc3)cc2)cn1. The smallest absolute Gasteiger partial charge is 0.329 e. The lowest BCUT2D eigenvalue weighted by atomic mass is 10.0. The Morgan fingerprint density at radius 1 is 0.929 bits per heavy atom. The molecule has 2 heterocycles. The predicted molar refractivity (Wildman–Crippen MR) is 159 cm³/mol. The summed E-state index contributed by atoms with van der Waals surface area (Å²) in [6.45, 7) is 1.69. The molecule has 0 spiro atoms. The zero-order valence-electron chi connectivity index (χ0n) is 23.1. The second-order valence-electron chi connectivity index (χ2n) is 10.2. The molecule has 9 nitrogen and oxygen atoms in total. The van der Waals surface area contributed by atoms with Gasteiger partial charge in [0.15, 0.2) is 0 Å². The Labute approximate surface area is 244 Å². The number of carbonyl (C=O) groups is 1. The summed E-state index contributed by atoms with van der Waals surface area (Å²) < 4.78 is 35.4. The Kier molecular flexibility index (Phi) is 6.99. The molecule has 212 valence electrons. The molecule has 2 N–H and O–H groups in total. The van der Waals surface area contributed by atoms with Gasteiger partial charge in [0, 0.05) is 41.8 Å². The maximum absolute atomic E-state index is 13.3. The fourth-order valence-corrected chi connectivity index (χ4v) is 6.54. The van der Waals surface area contributed by atoms with E-state index in [1.165, 1.54) is 6.07 Å². The number of pyridine rings is 1. The number of hydrogen-bond acceptors (Lipinski definition) is 6. The number of imidazole rings is 1. The Bertz CT molecular complexity index is 1840. The second-order valence-corrected chi connectivity index (χ2v) is 11.9. The average Bonchev–Trinajstić information content (AvgIpc) is 3.49. The summed E-state index contributed by atoms with van der Waals surface area (Å²) in [6.07, 6.45) is 5.84. The highest BCUT2D eigenvalue weighted by Crippen LogP contribution is 2.58. The summed E-state index contributed by atoms with van der Waals surface area (Å²) >= 11 is 0. The molecule has 2 atom stereocenters. The molecule has 5 aromatic rings. The largest absolute Gasteiger partial charge is 0.481 e. The van der Waals surface area contributed by atoms with E-state index in [4.69, 9.17) is 4.74 Å². The maximum Gasteiger partial charge on any atom is 0.329 e. The van der Waals surface area contributed by atoms with Gasteiger partial charge in [0.25, 0.3) is 10.0 Å². The molecule has 1 fully saturated rings. The standard InChI is InChI=1S/C32H29N5O4S/c1-22-8-6-7-11-28(22)42(39,40)36-31(38)35-32(20-27(32)24-9-4-3-5-10-24)30-33-18-19-37(30)26-15-12-23(13-16-26)25-14-17-29(41-2)34-21-25/h3-19,21,27H,20H2,1-2H3,(H2,35,36,38)/t27?,32-/m1/s1. The van der Waals surface area contributed by atoms with Crippen molar-refractivity contribution in [3.05, 3.63) is 127 Å². The number of rotatable bonds is 8. The van der Waals surface area contributed by atoms with E-state index in [2.05, 4.69) is 20.0 Å². The Morgan fingerprint density at radius 2 is 1.64 bits per heavy atom. The van der Waals surface area contributed by atoms with E-state index in [1.807, 2.05) is 77.5 Å². The van der Waals surface area contributed by atoms with Crippen molar-refractivity contribution in [3.8, 4) is 22.7 Å². The molecule has 2 aromatic heterocycles. The molecule has 0 bridgehead atoms. The van der Waals surface area contributed by atoms with Crippen molar-refractivity contribution in [2.45, 2.75) is 29.7 Å². The maximum atomic E-state index is 13.3. The van der Waals surface area contributed by atoms with Crippen molar-refractivity contribution < 1.29 is 17.9 Å². The lowest BCUT2D eigenvalue weighted by Crippen LogP contribution is -2.46. The van der Waals surface area contributed by atoms with Crippen LogP contribution in [0.15, 0.2) is 114 Å². The molecular weight excluding hydrogens is 550 g/mol. The van der Waals surface area contributed by atoms with Crippen LogP contribution in [0.5, 0.6) is 5.88 Å². The van der Waals surface area contributed by atoms with E-state index in [-0.39, 0.29) is 10.8 Å². The lowest BCUT2D eigenvalue weighted by Gasteiger charge is -2.22. The van der Waals surface area contributed by atoms with Gasteiger partial charge < -0.3 is 14.6 Å². The third-order valence-corrected chi connectivity index (χ3v) is 9.06. The van der Waals surface area contributed by atoms with E-state index >= 15 is 0 Å². The second kappa shape index (κ2) is 10.8. The molecule has 10 heteroatoms. The van der Waals surface area contributed by atoms with Crippen molar-refractivity contribution in [1.82, 2.24) is 24.6 Å². The first-order chi connectivity index (χ1) is 20.3. The molecule has 1 aliphatic carbocycles. The van der Waals surface area contributed by atoms with Crippen LogP contribution < -0.4 is 14.8 Å². The number of urea groups is 1. The number of benzene rings is 3. The molecule has 3 aromatic carbocycles. The molecular formula is C32H29N5O4S. The first-order valence-electron chi connectivity index (χ1n) is 13.4. The van der Waals surface area contributed by atoms with E-state index in [9.17, 15) is 13.2 Å². The van der Waals surface area contributed by atoms with Crippen LogP contribution in [-0.4, -0.2) is 36.1 Å². The quantitative estimate of drug-likeness (QED) is 0.257. The van der Waals surface area contributed by atoms with Gasteiger partial charge in [-0.05, 0) is 54.3 Å². The van der Waals surface area contributed by atoms with Gasteiger partial charge in [-0.3, -0.25) is 0 Å². The summed E-state index contributed by atoms with van der Waals surface area (Å²) in [5.74, 6) is 1.06. The van der Waals surface area contributed by atoms with Gasteiger partial charge >= 0.3 is 6.03 Å². The number of hydrogen-bond donors (Lipinski definition) is 2. The minimum atomic E-state index is -4.09. The normalized spacial score (nSPS) is 17.8. The van der Waals surface area contributed by atoms with Crippen LogP contribution in [-0.2, 0) is 15.6 Å². The van der Waals surface area contributed by atoms with E-state index in [1.54, 1.807) is 44.6 Å². The monoisotopic (exact) mass is 579 g/mol. The van der Waals surface area contributed by atoms with E-state index < -0.39 is 21.6 Å². The van der Waals surface area contributed by atoms with Crippen LogP contribution in [0, 0.1) is 6.92 Å². The lowest BCUT2D eigenvalue weighted by molar-refractivity contribution is 0.239. The van der Waals surface area contributed by atoms with Crippen LogP contribution in [0.4, 0.5) is 4.79 Å². The molecule has 6 rings (SSSR count). The summed E-state index contributed by atoms with van der Waals surface area (Å²) in [6, 6.07) is 27.2. The minimum Gasteiger partial charge on any atom is -0.481 e. The number of methoxy groups -OCH3 is 1. The van der Waals surface area contributed by atoms with Crippen molar-refractivity contribution in [1.29, 1.82) is 0 Å². The number of sulfonamides is 1. The fraction of sp³-hybridized carbons (Fsp3) is 0.156. The first kappa shape index (κ1) is 27.2. The highest BCUT2D eigenvalue weighted by molar-refractivity contribution is 7.90. The van der Waals surface area contributed by atoms with Crippen LogP contribution >= 0.6 is 0 Å². The molecule has 1 aliphatic rings. The van der Waals surface area contributed by atoms with Crippen molar-refractivity contribution in [3.63, 3.8) is 0 Å². The Balaban J connectivity index is 1.31.